The number of carbonyl (C=O) groups excluding carboxylic acids is 5. The van der Waals surface area contributed by atoms with Gasteiger partial charge in [0.05, 0.1) is 6.04 Å². The van der Waals surface area contributed by atoms with Crippen LogP contribution in [0.1, 0.15) is 66.2 Å². The lowest BCUT2D eigenvalue weighted by molar-refractivity contribution is -0.144. The van der Waals surface area contributed by atoms with Gasteiger partial charge in [0.15, 0.2) is 0 Å². The Morgan fingerprint density at radius 2 is 1.26 bits per heavy atom. The number of nitrogens with one attached hydrogen (secondary N) is 3. The maximum Gasteiger partial charge on any atom is 0.326 e. The topological polar surface area (TPSA) is 237 Å². The fourth-order valence-corrected chi connectivity index (χ4v) is 3.18. The molecule has 0 aromatic heterocycles. The highest BCUT2D eigenvalue weighted by Gasteiger charge is 2.32. The summed E-state index contributed by atoms with van der Waals surface area (Å²) < 4.78 is 0. The fraction of sp³-hybridized carbons (Fsp3) is 0.727. The zero-order valence-corrected chi connectivity index (χ0v) is 20.8. The molecule has 0 aliphatic heterocycles. The molecule has 0 radical (unpaired) electrons. The van der Waals surface area contributed by atoms with Gasteiger partial charge in [0.2, 0.25) is 29.5 Å². The largest absolute Gasteiger partial charge is 0.480 e. The molecule has 5 unspecified atom stereocenters. The van der Waals surface area contributed by atoms with Crippen molar-refractivity contribution in [2.45, 2.75) is 90.4 Å². The average molecular weight is 501 g/mol. The lowest BCUT2D eigenvalue weighted by atomic mass is 9.98. The summed E-state index contributed by atoms with van der Waals surface area (Å²) in [5, 5.41) is 16.9. The molecule has 0 spiro atoms. The molecule has 0 saturated heterocycles. The molecular formula is C22H40N6O7. The van der Waals surface area contributed by atoms with E-state index in [4.69, 9.17) is 17.2 Å². The van der Waals surface area contributed by atoms with Crippen LogP contribution in [0.25, 0.3) is 0 Å². The summed E-state index contributed by atoms with van der Waals surface area (Å²) >= 11 is 0. The van der Waals surface area contributed by atoms with Gasteiger partial charge in [0, 0.05) is 12.8 Å². The van der Waals surface area contributed by atoms with E-state index in [2.05, 4.69) is 16.0 Å². The number of carbonyl (C=O) groups is 6. The van der Waals surface area contributed by atoms with Crippen LogP contribution in [0.4, 0.5) is 0 Å². The molecule has 0 aliphatic carbocycles. The van der Waals surface area contributed by atoms with Gasteiger partial charge in [-0.15, -0.1) is 0 Å². The third kappa shape index (κ3) is 12.7. The molecule has 10 N–H and O–H groups in total. The molecular weight excluding hydrogens is 460 g/mol. The standard InChI is InChI=1S/C22H40N6O7/c1-5-12(4)18(22(34)35)28-20(32)14(7-9-17(25)30)26-21(33)15(10-11(2)3)27-19(31)13(23)6-8-16(24)29/h11-15,18H,5-10,23H2,1-4H3,(H2,24,29)(H2,25,30)(H,26,33)(H,27,31)(H,28,32)(H,34,35). The van der Waals surface area contributed by atoms with E-state index in [1.807, 2.05) is 13.8 Å². The summed E-state index contributed by atoms with van der Waals surface area (Å²) in [4.78, 5) is 72.1. The van der Waals surface area contributed by atoms with Gasteiger partial charge < -0.3 is 38.3 Å². The molecule has 35 heavy (non-hydrogen) atoms. The minimum absolute atomic E-state index is 0.00693. The lowest BCUT2D eigenvalue weighted by Crippen LogP contribution is -2.58. The van der Waals surface area contributed by atoms with E-state index in [0.717, 1.165) is 0 Å². The Labute approximate surface area is 205 Å². The van der Waals surface area contributed by atoms with Gasteiger partial charge in [-0.2, -0.15) is 0 Å². The SMILES string of the molecule is CCC(C)C(NC(=O)C(CCC(N)=O)NC(=O)C(CC(C)C)NC(=O)C(N)CCC(N)=O)C(=O)O. The van der Waals surface area contributed by atoms with Crippen molar-refractivity contribution in [1.29, 1.82) is 0 Å². The molecule has 5 atom stereocenters. The number of primary amides is 2. The van der Waals surface area contributed by atoms with Crippen LogP contribution in [0, 0.1) is 11.8 Å². The first-order valence-electron chi connectivity index (χ1n) is 11.7. The predicted octanol–water partition coefficient (Wildman–Crippen LogP) is -1.52. The number of carboxylic acid groups (broad SMARTS) is 1. The van der Waals surface area contributed by atoms with Crippen LogP contribution >= 0.6 is 0 Å². The Kier molecular flexibility index (Phi) is 14.2. The van der Waals surface area contributed by atoms with Crippen molar-refractivity contribution in [1.82, 2.24) is 16.0 Å². The van der Waals surface area contributed by atoms with E-state index in [1.165, 1.54) is 0 Å². The second kappa shape index (κ2) is 15.6. The van der Waals surface area contributed by atoms with Crippen LogP contribution in [0.15, 0.2) is 0 Å². The maximum absolute atomic E-state index is 13.0. The number of hydrogen-bond donors (Lipinski definition) is 7. The molecule has 13 nitrogen and oxygen atoms in total. The number of nitrogens with two attached hydrogens (primary N) is 3. The molecule has 0 heterocycles. The van der Waals surface area contributed by atoms with Crippen molar-refractivity contribution in [3.8, 4) is 0 Å². The third-order valence-corrected chi connectivity index (χ3v) is 5.47. The van der Waals surface area contributed by atoms with Gasteiger partial charge in [-0.25, -0.2) is 4.79 Å². The lowest BCUT2D eigenvalue weighted by Gasteiger charge is -2.27. The van der Waals surface area contributed by atoms with E-state index in [1.54, 1.807) is 13.8 Å². The van der Waals surface area contributed by atoms with E-state index in [0.29, 0.717) is 6.42 Å². The summed E-state index contributed by atoms with van der Waals surface area (Å²) in [6.07, 6.45) is 0.167. The molecule has 13 heteroatoms. The van der Waals surface area contributed by atoms with Gasteiger partial charge in [-0.1, -0.05) is 34.1 Å². The van der Waals surface area contributed by atoms with Crippen molar-refractivity contribution in [3.05, 3.63) is 0 Å². The average Bonchev–Trinajstić information content (AvgIpc) is 2.76. The quantitative estimate of drug-likeness (QED) is 0.123. The normalized spacial score (nSPS) is 15.3. The van der Waals surface area contributed by atoms with Gasteiger partial charge in [0.1, 0.15) is 18.1 Å². The van der Waals surface area contributed by atoms with Gasteiger partial charge >= 0.3 is 5.97 Å². The van der Waals surface area contributed by atoms with Gasteiger partial charge in [0.25, 0.3) is 0 Å². The Morgan fingerprint density at radius 1 is 0.771 bits per heavy atom. The highest BCUT2D eigenvalue weighted by atomic mass is 16.4. The summed E-state index contributed by atoms with van der Waals surface area (Å²) in [5.41, 5.74) is 16.0. The van der Waals surface area contributed by atoms with Crippen molar-refractivity contribution in [2.24, 2.45) is 29.0 Å². The molecule has 0 aromatic rings. The zero-order chi connectivity index (χ0) is 27.3. The second-order valence-corrected chi connectivity index (χ2v) is 9.08. The first-order chi connectivity index (χ1) is 16.2. The number of aliphatic carboxylic acids is 1. The van der Waals surface area contributed by atoms with E-state index in [9.17, 15) is 33.9 Å². The molecule has 0 saturated carbocycles. The van der Waals surface area contributed by atoms with E-state index >= 15 is 0 Å². The Bertz CT molecular complexity index is 773. The van der Waals surface area contributed by atoms with E-state index in [-0.39, 0.29) is 43.9 Å². The van der Waals surface area contributed by atoms with Crippen molar-refractivity contribution in [3.63, 3.8) is 0 Å². The molecule has 0 fully saturated rings. The van der Waals surface area contributed by atoms with Crippen molar-refractivity contribution >= 4 is 35.5 Å². The molecule has 0 aromatic carbocycles. The molecule has 0 rings (SSSR count). The Morgan fingerprint density at radius 3 is 1.71 bits per heavy atom. The monoisotopic (exact) mass is 500 g/mol. The minimum Gasteiger partial charge on any atom is -0.480 e. The summed E-state index contributed by atoms with van der Waals surface area (Å²) in [5.74, 6) is -5.16. The fourth-order valence-electron chi connectivity index (χ4n) is 3.18. The smallest absolute Gasteiger partial charge is 0.326 e. The van der Waals surface area contributed by atoms with Gasteiger partial charge in [-0.05, 0) is 31.1 Å². The minimum atomic E-state index is -1.27. The van der Waals surface area contributed by atoms with Crippen LogP contribution in [-0.2, 0) is 28.8 Å². The molecule has 200 valence electrons. The van der Waals surface area contributed by atoms with Gasteiger partial charge in [-0.3, -0.25) is 24.0 Å². The number of rotatable bonds is 17. The van der Waals surface area contributed by atoms with Crippen LogP contribution in [-0.4, -0.2) is 64.8 Å². The Hall–Kier alpha value is -3.22. The molecule has 0 aliphatic rings. The third-order valence-electron chi connectivity index (χ3n) is 5.47. The zero-order valence-electron chi connectivity index (χ0n) is 20.8. The number of carboxylic acids is 1. The Balaban J connectivity index is 5.60. The van der Waals surface area contributed by atoms with Crippen molar-refractivity contribution < 1.29 is 33.9 Å². The first kappa shape index (κ1) is 31.8. The van der Waals surface area contributed by atoms with Crippen LogP contribution in [0.3, 0.4) is 0 Å². The van der Waals surface area contributed by atoms with Crippen LogP contribution in [0.5, 0.6) is 0 Å². The maximum atomic E-state index is 13.0. The van der Waals surface area contributed by atoms with Crippen LogP contribution in [0.2, 0.25) is 0 Å². The molecule has 0 bridgehead atoms. The second-order valence-electron chi connectivity index (χ2n) is 9.08. The van der Waals surface area contributed by atoms with E-state index < -0.39 is 59.7 Å². The predicted molar refractivity (Wildman–Crippen MR) is 127 cm³/mol. The highest BCUT2D eigenvalue weighted by Crippen LogP contribution is 2.11. The number of amides is 5. The summed E-state index contributed by atoms with van der Waals surface area (Å²) in [6.45, 7) is 7.07. The molecule has 5 amide bonds. The van der Waals surface area contributed by atoms with Crippen molar-refractivity contribution in [2.75, 3.05) is 0 Å². The summed E-state index contributed by atoms with van der Waals surface area (Å²) in [6, 6.07) is -4.62. The van der Waals surface area contributed by atoms with Crippen LogP contribution < -0.4 is 33.2 Å². The highest BCUT2D eigenvalue weighted by molar-refractivity contribution is 5.94. The number of hydrogen-bond acceptors (Lipinski definition) is 7. The first-order valence-corrected chi connectivity index (χ1v) is 11.7. The summed E-state index contributed by atoms with van der Waals surface area (Å²) in [7, 11) is 0.